The molecule has 6 nitrogen and oxygen atoms in total. The molecule has 1 amide bonds. The average Bonchev–Trinajstić information content (AvgIpc) is 3.32. The zero-order chi connectivity index (χ0) is 17.5. The van der Waals surface area contributed by atoms with Crippen LogP contribution in [-0.2, 0) is 16.1 Å². The lowest BCUT2D eigenvalue weighted by Crippen LogP contribution is -2.42. The number of rotatable bonds is 5. The molecule has 1 heterocycles. The van der Waals surface area contributed by atoms with E-state index in [4.69, 9.17) is 4.74 Å². The number of carbonyl (C=O) groups is 1. The van der Waals surface area contributed by atoms with Crippen LogP contribution in [0.2, 0.25) is 0 Å². The van der Waals surface area contributed by atoms with E-state index in [1.165, 1.54) is 0 Å². The lowest BCUT2D eigenvalue weighted by Gasteiger charge is -2.17. The summed E-state index contributed by atoms with van der Waals surface area (Å²) in [5.74, 6) is 0.733. The fraction of sp³-hybridized carbons (Fsp3) is 0.474. The van der Waals surface area contributed by atoms with E-state index in [1.807, 2.05) is 24.3 Å². The summed E-state index contributed by atoms with van der Waals surface area (Å²) in [5.41, 5.74) is 1.88. The predicted octanol–water partition coefficient (Wildman–Crippen LogP) is 2.19. The summed E-state index contributed by atoms with van der Waals surface area (Å²) in [6.07, 6.45) is 7.87. The number of nitrogens with one attached hydrogen (secondary N) is 3. The van der Waals surface area contributed by atoms with Gasteiger partial charge in [-0.15, -0.1) is 0 Å². The summed E-state index contributed by atoms with van der Waals surface area (Å²) in [6, 6.07) is 8.26. The van der Waals surface area contributed by atoms with Gasteiger partial charge in [0.1, 0.15) is 6.10 Å². The third kappa shape index (κ3) is 5.06. The largest absolute Gasteiger partial charge is 0.368 e. The molecule has 1 aromatic carbocycles. The molecule has 0 saturated carbocycles. The van der Waals surface area contributed by atoms with Crippen molar-refractivity contribution < 1.29 is 9.53 Å². The lowest BCUT2D eigenvalue weighted by atomic mass is 10.2. The molecule has 0 radical (unpaired) electrons. The minimum Gasteiger partial charge on any atom is -0.368 e. The Labute approximate surface area is 148 Å². The van der Waals surface area contributed by atoms with Crippen LogP contribution in [-0.4, -0.2) is 37.7 Å². The van der Waals surface area contributed by atoms with Crippen LogP contribution in [0.5, 0.6) is 0 Å². The molecular formula is C19H26N4O2. The van der Waals surface area contributed by atoms with E-state index in [-0.39, 0.29) is 12.0 Å². The molecule has 134 valence electrons. The van der Waals surface area contributed by atoms with Gasteiger partial charge in [-0.2, -0.15) is 0 Å². The minimum atomic E-state index is -0.315. The molecule has 2 aliphatic rings. The zero-order valence-corrected chi connectivity index (χ0v) is 14.6. The number of nitrogens with zero attached hydrogens (tertiary/aromatic N) is 1. The second-order valence-electron chi connectivity index (χ2n) is 6.40. The topological polar surface area (TPSA) is 74.8 Å². The SMILES string of the molecule is CN=C(NCc1cccc(NC(=O)C2CCCO2)c1)NC1CC=CC1. The maximum absolute atomic E-state index is 12.1. The van der Waals surface area contributed by atoms with Gasteiger partial charge >= 0.3 is 0 Å². The van der Waals surface area contributed by atoms with Crippen LogP contribution in [0.3, 0.4) is 0 Å². The van der Waals surface area contributed by atoms with Crippen LogP contribution in [0.4, 0.5) is 5.69 Å². The maximum Gasteiger partial charge on any atom is 0.253 e. The first-order valence-electron chi connectivity index (χ1n) is 8.88. The monoisotopic (exact) mass is 342 g/mol. The molecule has 3 N–H and O–H groups in total. The Morgan fingerprint density at radius 3 is 2.88 bits per heavy atom. The standard InChI is InChI=1S/C19H26N4O2/c1-20-19(23-15-7-2-3-8-15)21-13-14-6-4-9-16(12-14)22-18(24)17-10-5-11-25-17/h2-4,6,9,12,15,17H,5,7-8,10-11,13H2,1H3,(H,22,24)(H2,20,21,23). The average molecular weight is 342 g/mol. The van der Waals surface area contributed by atoms with Crippen molar-refractivity contribution in [1.29, 1.82) is 0 Å². The van der Waals surface area contributed by atoms with Crippen molar-refractivity contribution in [3.8, 4) is 0 Å². The fourth-order valence-corrected chi connectivity index (χ4v) is 3.08. The molecule has 25 heavy (non-hydrogen) atoms. The predicted molar refractivity (Wildman–Crippen MR) is 99.5 cm³/mol. The number of benzene rings is 1. The van der Waals surface area contributed by atoms with Crippen molar-refractivity contribution in [2.45, 2.75) is 44.4 Å². The van der Waals surface area contributed by atoms with Gasteiger partial charge < -0.3 is 20.7 Å². The van der Waals surface area contributed by atoms with Crippen LogP contribution >= 0.6 is 0 Å². The van der Waals surface area contributed by atoms with Gasteiger partial charge in [0.05, 0.1) is 0 Å². The minimum absolute atomic E-state index is 0.0613. The Bertz CT molecular complexity index is 643. The zero-order valence-electron chi connectivity index (χ0n) is 14.6. The summed E-state index contributed by atoms with van der Waals surface area (Å²) >= 11 is 0. The highest BCUT2D eigenvalue weighted by Crippen LogP contribution is 2.16. The van der Waals surface area contributed by atoms with Crippen LogP contribution in [0.15, 0.2) is 41.4 Å². The summed E-state index contributed by atoms with van der Waals surface area (Å²) in [4.78, 5) is 16.4. The van der Waals surface area contributed by atoms with Crippen LogP contribution in [0.25, 0.3) is 0 Å². The number of hydrogen-bond acceptors (Lipinski definition) is 3. The highest BCUT2D eigenvalue weighted by Gasteiger charge is 2.23. The molecule has 1 aliphatic heterocycles. The molecular weight excluding hydrogens is 316 g/mol. The van der Waals surface area contributed by atoms with Crippen LogP contribution in [0, 0.1) is 0 Å². The van der Waals surface area contributed by atoms with Gasteiger partial charge in [0.15, 0.2) is 5.96 Å². The normalized spacial score (nSPS) is 20.7. The van der Waals surface area contributed by atoms with Gasteiger partial charge in [0, 0.05) is 31.9 Å². The number of amides is 1. The van der Waals surface area contributed by atoms with E-state index in [1.54, 1.807) is 7.05 Å². The first-order valence-corrected chi connectivity index (χ1v) is 8.88. The Morgan fingerprint density at radius 1 is 1.32 bits per heavy atom. The van der Waals surface area contributed by atoms with Gasteiger partial charge in [-0.3, -0.25) is 9.79 Å². The molecule has 1 unspecified atom stereocenters. The van der Waals surface area contributed by atoms with E-state index < -0.39 is 0 Å². The maximum atomic E-state index is 12.1. The van der Waals surface area contributed by atoms with E-state index in [9.17, 15) is 4.79 Å². The summed E-state index contributed by atoms with van der Waals surface area (Å²) in [7, 11) is 1.77. The Kier molecular flexibility index (Phi) is 6.06. The number of guanidine groups is 1. The molecule has 0 bridgehead atoms. The first-order chi connectivity index (χ1) is 12.2. The van der Waals surface area contributed by atoms with E-state index in [2.05, 4.69) is 33.1 Å². The molecule has 6 heteroatoms. The van der Waals surface area contributed by atoms with Crippen molar-refractivity contribution >= 4 is 17.6 Å². The molecule has 1 saturated heterocycles. The number of carbonyl (C=O) groups excluding carboxylic acids is 1. The van der Waals surface area contributed by atoms with E-state index in [0.717, 1.165) is 42.9 Å². The molecule has 1 aliphatic carbocycles. The lowest BCUT2D eigenvalue weighted by molar-refractivity contribution is -0.124. The van der Waals surface area contributed by atoms with E-state index >= 15 is 0 Å². The second kappa shape index (κ2) is 8.67. The Balaban J connectivity index is 1.51. The van der Waals surface area contributed by atoms with Gasteiger partial charge in [0.25, 0.3) is 5.91 Å². The first kappa shape index (κ1) is 17.5. The molecule has 1 fully saturated rings. The van der Waals surface area contributed by atoms with E-state index in [0.29, 0.717) is 19.2 Å². The van der Waals surface area contributed by atoms with Gasteiger partial charge in [-0.25, -0.2) is 0 Å². The van der Waals surface area contributed by atoms with Crippen LogP contribution in [0.1, 0.15) is 31.2 Å². The number of ether oxygens (including phenoxy) is 1. The highest BCUT2D eigenvalue weighted by atomic mass is 16.5. The summed E-state index contributed by atoms with van der Waals surface area (Å²) < 4.78 is 5.42. The van der Waals surface area contributed by atoms with Crippen molar-refractivity contribution in [1.82, 2.24) is 10.6 Å². The van der Waals surface area contributed by atoms with Gasteiger partial charge in [-0.05, 0) is 43.4 Å². The Morgan fingerprint density at radius 2 is 2.16 bits per heavy atom. The van der Waals surface area contributed by atoms with Crippen molar-refractivity contribution in [3.63, 3.8) is 0 Å². The van der Waals surface area contributed by atoms with Gasteiger partial charge in [-0.1, -0.05) is 24.3 Å². The van der Waals surface area contributed by atoms with Crippen molar-refractivity contribution in [2.75, 3.05) is 19.0 Å². The van der Waals surface area contributed by atoms with Crippen molar-refractivity contribution in [2.24, 2.45) is 4.99 Å². The van der Waals surface area contributed by atoms with Crippen molar-refractivity contribution in [3.05, 3.63) is 42.0 Å². The number of aliphatic imine (C=N–C) groups is 1. The van der Waals surface area contributed by atoms with Gasteiger partial charge in [0.2, 0.25) is 0 Å². The third-order valence-electron chi connectivity index (χ3n) is 4.45. The highest BCUT2D eigenvalue weighted by molar-refractivity contribution is 5.94. The smallest absolute Gasteiger partial charge is 0.253 e. The second-order valence-corrected chi connectivity index (χ2v) is 6.40. The Hall–Kier alpha value is -2.34. The molecule has 1 aromatic rings. The molecule has 0 aromatic heterocycles. The fourth-order valence-electron chi connectivity index (χ4n) is 3.08. The molecule has 1 atom stereocenters. The molecule has 3 rings (SSSR count). The number of hydrogen-bond donors (Lipinski definition) is 3. The summed E-state index contributed by atoms with van der Waals surface area (Å²) in [5, 5.41) is 9.67. The van der Waals surface area contributed by atoms with Crippen LogP contribution < -0.4 is 16.0 Å². The quantitative estimate of drug-likeness (QED) is 0.436. The molecule has 0 spiro atoms. The number of anilines is 1. The third-order valence-corrected chi connectivity index (χ3v) is 4.45. The summed E-state index contributed by atoms with van der Waals surface area (Å²) in [6.45, 7) is 1.31.